The average Bonchev–Trinajstić information content (AvgIpc) is 2.83. The molecule has 0 radical (unpaired) electrons. The van der Waals surface area contributed by atoms with Crippen LogP contribution in [0.1, 0.15) is 5.69 Å². The number of allylic oxidation sites excluding steroid dienone is 2. The van der Waals surface area contributed by atoms with Gasteiger partial charge in [-0.15, -0.1) is 5.10 Å². The molecule has 1 N–H and O–H groups in total. The highest BCUT2D eigenvalue weighted by Gasteiger charge is 2.21. The largest absolute Gasteiger partial charge is 0.380 e. The van der Waals surface area contributed by atoms with Crippen LogP contribution in [0.15, 0.2) is 55.1 Å². The van der Waals surface area contributed by atoms with E-state index >= 15 is 0 Å². The molecule has 0 atom stereocenters. The summed E-state index contributed by atoms with van der Waals surface area (Å²) in [5, 5.41) is 11.9. The third-order valence-electron chi connectivity index (χ3n) is 3.53. The Morgan fingerprint density at radius 2 is 2.05 bits per heavy atom. The summed E-state index contributed by atoms with van der Waals surface area (Å²) in [6.45, 7) is 8.53. The summed E-state index contributed by atoms with van der Waals surface area (Å²) in [7, 11) is 1.90. The van der Waals surface area contributed by atoms with Gasteiger partial charge < -0.3 is 5.32 Å². The van der Waals surface area contributed by atoms with Crippen LogP contribution in [-0.2, 0) is 7.05 Å². The first-order chi connectivity index (χ1) is 9.76. The summed E-state index contributed by atoms with van der Waals surface area (Å²) in [6.07, 6.45) is 3.70. The van der Waals surface area contributed by atoms with Crippen LogP contribution in [0, 0.1) is 0 Å². The Hall–Kier alpha value is -2.62. The second-order valence-electron chi connectivity index (χ2n) is 4.66. The highest BCUT2D eigenvalue weighted by atomic mass is 15.4. The fourth-order valence-corrected chi connectivity index (χ4v) is 2.53. The van der Waals surface area contributed by atoms with Crippen molar-refractivity contribution in [2.75, 3.05) is 11.9 Å². The fraction of sp³-hybridized carbons (Fsp3) is 0.125. The molecule has 0 aliphatic carbocycles. The molecule has 2 aromatic rings. The van der Waals surface area contributed by atoms with Crippen molar-refractivity contribution < 1.29 is 0 Å². The molecule has 2 heterocycles. The van der Waals surface area contributed by atoms with Crippen LogP contribution < -0.4 is 5.32 Å². The van der Waals surface area contributed by atoms with E-state index in [1.165, 1.54) is 0 Å². The summed E-state index contributed by atoms with van der Waals surface area (Å²) < 4.78 is 1.79. The van der Waals surface area contributed by atoms with Crippen LogP contribution in [0.5, 0.6) is 0 Å². The first-order valence-corrected chi connectivity index (χ1v) is 6.47. The van der Waals surface area contributed by atoms with Crippen molar-refractivity contribution in [1.82, 2.24) is 15.0 Å². The van der Waals surface area contributed by atoms with Gasteiger partial charge in [0.2, 0.25) is 0 Å². The van der Waals surface area contributed by atoms with Crippen LogP contribution in [0.2, 0.25) is 0 Å². The molecule has 3 rings (SSSR count). The molecule has 0 bridgehead atoms. The Morgan fingerprint density at radius 1 is 1.25 bits per heavy atom. The molecule has 1 aliphatic heterocycles. The maximum Gasteiger partial charge on any atom is 0.123 e. The minimum atomic E-state index is 0.701. The summed E-state index contributed by atoms with van der Waals surface area (Å²) in [5.41, 5.74) is 6.05. The fourth-order valence-electron chi connectivity index (χ4n) is 2.53. The van der Waals surface area contributed by atoms with Gasteiger partial charge in [0, 0.05) is 30.4 Å². The molecule has 4 nitrogen and oxygen atoms in total. The number of aromatic nitrogens is 3. The topological polar surface area (TPSA) is 42.7 Å². The van der Waals surface area contributed by atoms with Crippen LogP contribution in [0.4, 0.5) is 5.69 Å². The number of hydrogen-bond donors (Lipinski definition) is 1. The standard InChI is InChI=1S/C16H16N4/c1-4-11-10-17-14-9-7-6-8-13(14)15-16(12(11)5-2)20(3)19-18-15/h4-9,17H,1-2,10H2,3H3/b12-11-. The minimum Gasteiger partial charge on any atom is -0.380 e. The minimum absolute atomic E-state index is 0.701. The highest BCUT2D eigenvalue weighted by Crippen LogP contribution is 2.35. The van der Waals surface area contributed by atoms with Gasteiger partial charge in [-0.25, -0.2) is 4.68 Å². The van der Waals surface area contributed by atoms with Crippen LogP contribution in [-0.4, -0.2) is 21.5 Å². The molecule has 4 heteroatoms. The van der Waals surface area contributed by atoms with Crippen molar-refractivity contribution in [2.45, 2.75) is 0 Å². The van der Waals surface area contributed by atoms with Gasteiger partial charge in [-0.2, -0.15) is 0 Å². The van der Waals surface area contributed by atoms with E-state index in [0.29, 0.717) is 6.54 Å². The molecule has 20 heavy (non-hydrogen) atoms. The Labute approximate surface area is 118 Å². The van der Waals surface area contributed by atoms with Crippen molar-refractivity contribution in [1.29, 1.82) is 0 Å². The SMILES string of the molecule is C=C/C1=C(\C=C)c2c(nnn2C)-c2ccccc2NC1. The molecule has 1 aromatic carbocycles. The molecule has 0 saturated heterocycles. The summed E-state index contributed by atoms with van der Waals surface area (Å²) in [5.74, 6) is 0. The molecule has 0 amide bonds. The van der Waals surface area contributed by atoms with E-state index in [9.17, 15) is 0 Å². The molecule has 0 unspecified atom stereocenters. The number of nitrogens with one attached hydrogen (secondary N) is 1. The number of rotatable bonds is 2. The van der Waals surface area contributed by atoms with Crippen LogP contribution in [0.25, 0.3) is 16.8 Å². The van der Waals surface area contributed by atoms with Crippen LogP contribution >= 0.6 is 0 Å². The Morgan fingerprint density at radius 3 is 2.80 bits per heavy atom. The van der Waals surface area contributed by atoms with Gasteiger partial charge in [0.25, 0.3) is 0 Å². The zero-order valence-corrected chi connectivity index (χ0v) is 11.4. The second-order valence-corrected chi connectivity index (χ2v) is 4.66. The monoisotopic (exact) mass is 264 g/mol. The third kappa shape index (κ3) is 1.77. The molecule has 0 fully saturated rings. The van der Waals surface area contributed by atoms with E-state index in [4.69, 9.17) is 0 Å². The maximum absolute atomic E-state index is 4.32. The van der Waals surface area contributed by atoms with Gasteiger partial charge in [-0.3, -0.25) is 0 Å². The second kappa shape index (κ2) is 4.81. The number of fused-ring (bicyclic) bond motifs is 3. The zero-order valence-electron chi connectivity index (χ0n) is 11.4. The van der Waals surface area contributed by atoms with Crippen LogP contribution in [0.3, 0.4) is 0 Å². The number of para-hydroxylation sites is 1. The maximum atomic E-state index is 4.32. The Bertz CT molecular complexity index is 722. The van der Waals surface area contributed by atoms with E-state index in [1.807, 2.05) is 37.4 Å². The van der Waals surface area contributed by atoms with Crippen molar-refractivity contribution in [3.05, 3.63) is 60.8 Å². The number of aryl methyl sites for hydroxylation is 1. The van der Waals surface area contributed by atoms with Crippen molar-refractivity contribution in [2.24, 2.45) is 7.05 Å². The highest BCUT2D eigenvalue weighted by molar-refractivity contribution is 5.89. The van der Waals surface area contributed by atoms with Gasteiger partial charge in [0.1, 0.15) is 5.69 Å². The van der Waals surface area contributed by atoms with E-state index in [0.717, 1.165) is 33.8 Å². The number of hydrogen-bond acceptors (Lipinski definition) is 3. The molecule has 100 valence electrons. The van der Waals surface area contributed by atoms with Crippen molar-refractivity contribution in [3.8, 4) is 11.3 Å². The predicted molar refractivity (Wildman–Crippen MR) is 82.2 cm³/mol. The molecule has 0 spiro atoms. The summed E-state index contributed by atoms with van der Waals surface area (Å²) in [4.78, 5) is 0. The lowest BCUT2D eigenvalue weighted by Crippen LogP contribution is -2.10. The van der Waals surface area contributed by atoms with E-state index in [2.05, 4.69) is 34.9 Å². The predicted octanol–water partition coefficient (Wildman–Crippen LogP) is 3.03. The molecule has 1 aliphatic rings. The lowest BCUT2D eigenvalue weighted by atomic mass is 9.97. The van der Waals surface area contributed by atoms with Gasteiger partial charge in [0.05, 0.1) is 5.69 Å². The Balaban J connectivity index is 2.36. The molecule has 1 aromatic heterocycles. The lowest BCUT2D eigenvalue weighted by molar-refractivity contribution is 0.708. The van der Waals surface area contributed by atoms with Crippen molar-refractivity contribution in [3.63, 3.8) is 0 Å². The number of nitrogens with zero attached hydrogens (tertiary/aromatic N) is 3. The number of anilines is 1. The van der Waals surface area contributed by atoms with E-state index < -0.39 is 0 Å². The molecule has 0 saturated carbocycles. The smallest absolute Gasteiger partial charge is 0.123 e. The summed E-state index contributed by atoms with van der Waals surface area (Å²) >= 11 is 0. The van der Waals surface area contributed by atoms with Gasteiger partial charge in [-0.05, 0) is 11.6 Å². The Kier molecular flexibility index (Phi) is 2.99. The van der Waals surface area contributed by atoms with Gasteiger partial charge >= 0.3 is 0 Å². The zero-order chi connectivity index (χ0) is 14.1. The summed E-state index contributed by atoms with van der Waals surface area (Å²) in [6, 6.07) is 8.12. The molecular weight excluding hydrogens is 248 g/mol. The van der Waals surface area contributed by atoms with E-state index in [-0.39, 0.29) is 0 Å². The quantitative estimate of drug-likeness (QED) is 0.906. The average molecular weight is 264 g/mol. The first-order valence-electron chi connectivity index (χ1n) is 6.47. The third-order valence-corrected chi connectivity index (χ3v) is 3.53. The first kappa shape index (κ1) is 12.4. The lowest BCUT2D eigenvalue weighted by Gasteiger charge is -2.18. The van der Waals surface area contributed by atoms with Gasteiger partial charge in [-0.1, -0.05) is 48.7 Å². The van der Waals surface area contributed by atoms with Gasteiger partial charge in [0.15, 0.2) is 0 Å². The van der Waals surface area contributed by atoms with Crippen molar-refractivity contribution >= 4 is 11.3 Å². The normalized spacial score (nSPS) is 17.2. The van der Waals surface area contributed by atoms with E-state index in [1.54, 1.807) is 4.68 Å². The number of benzene rings is 1. The molecular formula is C16H16N4.